The van der Waals surface area contributed by atoms with Gasteiger partial charge < -0.3 is 5.11 Å². The van der Waals surface area contributed by atoms with Crippen LogP contribution in [-0.2, 0) is 5.60 Å². The fraction of sp³-hybridized carbons (Fsp3) is 0.300. The van der Waals surface area contributed by atoms with Crippen LogP contribution in [0.25, 0.3) is 6.08 Å². The van der Waals surface area contributed by atoms with Gasteiger partial charge in [0.1, 0.15) is 0 Å². The van der Waals surface area contributed by atoms with Crippen LogP contribution in [0, 0.1) is 0 Å². The third kappa shape index (κ3) is 1.92. The summed E-state index contributed by atoms with van der Waals surface area (Å²) in [4.78, 5) is 4.09. The maximum absolute atomic E-state index is 9.59. The lowest BCUT2D eigenvalue weighted by Crippen LogP contribution is -2.15. The SMILES string of the molecule is C=Cc1ccc(C(C)(C)O)cn1. The highest BCUT2D eigenvalue weighted by Gasteiger charge is 2.15. The van der Waals surface area contributed by atoms with Crippen LogP contribution in [0.2, 0.25) is 0 Å². The summed E-state index contributed by atoms with van der Waals surface area (Å²) in [7, 11) is 0. The minimum Gasteiger partial charge on any atom is -0.386 e. The Bertz CT molecular complexity index is 269. The van der Waals surface area contributed by atoms with Gasteiger partial charge in [0.15, 0.2) is 0 Å². The zero-order valence-corrected chi connectivity index (χ0v) is 7.41. The molecular formula is C10H13NO. The molecule has 1 aromatic rings. The lowest BCUT2D eigenvalue weighted by Gasteiger charge is -2.16. The van der Waals surface area contributed by atoms with Gasteiger partial charge in [-0.1, -0.05) is 12.6 Å². The summed E-state index contributed by atoms with van der Waals surface area (Å²) in [5.41, 5.74) is 0.822. The van der Waals surface area contributed by atoms with E-state index in [2.05, 4.69) is 11.6 Å². The lowest BCUT2D eigenvalue weighted by atomic mass is 10.0. The van der Waals surface area contributed by atoms with E-state index in [0.29, 0.717) is 0 Å². The molecule has 1 rings (SSSR count). The van der Waals surface area contributed by atoms with Gasteiger partial charge in [-0.3, -0.25) is 4.98 Å². The first-order valence-electron chi connectivity index (χ1n) is 3.85. The van der Waals surface area contributed by atoms with E-state index >= 15 is 0 Å². The minimum atomic E-state index is -0.813. The predicted molar refractivity (Wildman–Crippen MR) is 49.6 cm³/mol. The summed E-state index contributed by atoms with van der Waals surface area (Å²) in [5, 5.41) is 9.59. The van der Waals surface area contributed by atoms with E-state index in [0.717, 1.165) is 11.3 Å². The Morgan fingerprint density at radius 2 is 2.17 bits per heavy atom. The molecule has 0 saturated carbocycles. The van der Waals surface area contributed by atoms with Crippen molar-refractivity contribution in [3.63, 3.8) is 0 Å². The van der Waals surface area contributed by atoms with Crippen LogP contribution >= 0.6 is 0 Å². The van der Waals surface area contributed by atoms with Crippen LogP contribution < -0.4 is 0 Å². The van der Waals surface area contributed by atoms with Gasteiger partial charge >= 0.3 is 0 Å². The minimum absolute atomic E-state index is 0.813. The molecule has 0 aliphatic heterocycles. The highest BCUT2D eigenvalue weighted by atomic mass is 16.3. The molecule has 64 valence electrons. The van der Waals surface area contributed by atoms with Gasteiger partial charge in [-0.05, 0) is 26.0 Å². The van der Waals surface area contributed by atoms with Gasteiger partial charge in [0, 0.05) is 11.8 Å². The molecule has 0 spiro atoms. The molecule has 0 amide bonds. The molecule has 0 aromatic carbocycles. The third-order valence-electron chi connectivity index (χ3n) is 1.70. The highest BCUT2D eigenvalue weighted by molar-refractivity contribution is 5.41. The summed E-state index contributed by atoms with van der Waals surface area (Å²) < 4.78 is 0. The molecule has 0 atom stereocenters. The topological polar surface area (TPSA) is 33.1 Å². The van der Waals surface area contributed by atoms with Gasteiger partial charge in [-0.15, -0.1) is 0 Å². The number of pyridine rings is 1. The quantitative estimate of drug-likeness (QED) is 0.722. The Morgan fingerprint density at radius 1 is 1.50 bits per heavy atom. The normalized spacial score (nSPS) is 11.2. The van der Waals surface area contributed by atoms with Crippen molar-refractivity contribution in [3.8, 4) is 0 Å². The molecule has 12 heavy (non-hydrogen) atoms. The van der Waals surface area contributed by atoms with Gasteiger partial charge in [0.2, 0.25) is 0 Å². The molecule has 0 radical (unpaired) electrons. The van der Waals surface area contributed by atoms with Crippen molar-refractivity contribution in [2.75, 3.05) is 0 Å². The van der Waals surface area contributed by atoms with Crippen molar-refractivity contribution in [1.29, 1.82) is 0 Å². The molecule has 1 N–H and O–H groups in total. The van der Waals surface area contributed by atoms with Gasteiger partial charge in [0.25, 0.3) is 0 Å². The first-order valence-corrected chi connectivity index (χ1v) is 3.85. The largest absolute Gasteiger partial charge is 0.386 e. The third-order valence-corrected chi connectivity index (χ3v) is 1.70. The van der Waals surface area contributed by atoms with Crippen molar-refractivity contribution in [2.24, 2.45) is 0 Å². The van der Waals surface area contributed by atoms with Crippen molar-refractivity contribution >= 4 is 6.08 Å². The summed E-state index contributed by atoms with van der Waals surface area (Å²) in [6.07, 6.45) is 3.34. The fourth-order valence-electron chi connectivity index (χ4n) is 0.888. The number of hydrogen-bond donors (Lipinski definition) is 1. The van der Waals surface area contributed by atoms with Crippen LogP contribution in [-0.4, -0.2) is 10.1 Å². The fourth-order valence-corrected chi connectivity index (χ4v) is 0.888. The molecule has 1 heterocycles. The molecule has 0 unspecified atom stereocenters. The number of aromatic nitrogens is 1. The van der Waals surface area contributed by atoms with E-state index in [1.165, 1.54) is 0 Å². The summed E-state index contributed by atoms with van der Waals surface area (Å²) in [6.45, 7) is 7.07. The first kappa shape index (κ1) is 8.94. The van der Waals surface area contributed by atoms with Crippen molar-refractivity contribution in [1.82, 2.24) is 4.98 Å². The summed E-state index contributed by atoms with van der Waals surface area (Å²) >= 11 is 0. The Kier molecular flexibility index (Phi) is 2.29. The molecule has 0 fully saturated rings. The van der Waals surface area contributed by atoms with Gasteiger partial charge in [-0.2, -0.15) is 0 Å². The second-order valence-corrected chi connectivity index (χ2v) is 3.23. The Hall–Kier alpha value is -1.15. The van der Waals surface area contributed by atoms with Crippen LogP contribution in [0.5, 0.6) is 0 Å². The van der Waals surface area contributed by atoms with Crippen LogP contribution in [0.1, 0.15) is 25.1 Å². The number of aliphatic hydroxyl groups is 1. The van der Waals surface area contributed by atoms with Crippen LogP contribution in [0.4, 0.5) is 0 Å². The van der Waals surface area contributed by atoms with Crippen molar-refractivity contribution in [3.05, 3.63) is 36.2 Å². The molecule has 0 aliphatic rings. The maximum Gasteiger partial charge on any atom is 0.0855 e. The first-order chi connectivity index (χ1) is 5.54. The summed E-state index contributed by atoms with van der Waals surface area (Å²) in [6, 6.07) is 3.68. The van der Waals surface area contributed by atoms with Crippen LogP contribution in [0.15, 0.2) is 24.9 Å². The Morgan fingerprint density at radius 3 is 2.50 bits per heavy atom. The zero-order chi connectivity index (χ0) is 9.19. The molecule has 0 bridgehead atoms. The Balaban J connectivity index is 3.00. The molecular weight excluding hydrogens is 150 g/mol. The van der Waals surface area contributed by atoms with Crippen molar-refractivity contribution in [2.45, 2.75) is 19.4 Å². The van der Waals surface area contributed by atoms with Crippen LogP contribution in [0.3, 0.4) is 0 Å². The summed E-state index contributed by atoms with van der Waals surface area (Å²) in [5.74, 6) is 0. The van der Waals surface area contributed by atoms with E-state index in [1.807, 2.05) is 12.1 Å². The predicted octanol–water partition coefficient (Wildman–Crippen LogP) is 1.95. The molecule has 0 saturated heterocycles. The second-order valence-electron chi connectivity index (χ2n) is 3.23. The van der Waals surface area contributed by atoms with Gasteiger partial charge in [0.05, 0.1) is 11.3 Å². The standard InChI is InChI=1S/C10H13NO/c1-4-9-6-5-8(7-11-9)10(2,3)12/h4-7,12H,1H2,2-3H3. The average molecular weight is 163 g/mol. The number of nitrogens with zero attached hydrogens (tertiary/aromatic N) is 1. The lowest BCUT2D eigenvalue weighted by molar-refractivity contribution is 0.0782. The highest BCUT2D eigenvalue weighted by Crippen LogP contribution is 2.18. The number of hydrogen-bond acceptors (Lipinski definition) is 2. The monoisotopic (exact) mass is 163 g/mol. The van der Waals surface area contributed by atoms with E-state index < -0.39 is 5.60 Å². The maximum atomic E-state index is 9.59. The number of rotatable bonds is 2. The van der Waals surface area contributed by atoms with Gasteiger partial charge in [-0.25, -0.2) is 0 Å². The molecule has 1 aromatic heterocycles. The molecule has 0 aliphatic carbocycles. The van der Waals surface area contributed by atoms with Crippen molar-refractivity contribution < 1.29 is 5.11 Å². The smallest absolute Gasteiger partial charge is 0.0855 e. The second kappa shape index (κ2) is 3.07. The molecule has 2 heteroatoms. The van der Waals surface area contributed by atoms with E-state index in [-0.39, 0.29) is 0 Å². The van der Waals surface area contributed by atoms with E-state index in [4.69, 9.17) is 0 Å². The van der Waals surface area contributed by atoms with E-state index in [1.54, 1.807) is 26.1 Å². The Labute approximate surface area is 72.6 Å². The van der Waals surface area contributed by atoms with E-state index in [9.17, 15) is 5.11 Å². The zero-order valence-electron chi connectivity index (χ0n) is 7.41. The average Bonchev–Trinajstić information content (AvgIpc) is 2.03. The molecule has 2 nitrogen and oxygen atoms in total.